The Bertz CT molecular complexity index is 694. The number of ether oxygens (including phenoxy) is 2. The number of nitrogens with two attached hydrogens (primary N) is 1. The Kier molecular flexibility index (Phi) is 6.73. The predicted molar refractivity (Wildman–Crippen MR) is 86.7 cm³/mol. The number of carbonyl (C=O) groups excluding carboxylic acids is 1. The molecule has 0 fully saturated rings. The molecule has 1 rings (SSSR count). The lowest BCUT2D eigenvalue weighted by Crippen LogP contribution is -2.34. The van der Waals surface area contributed by atoms with Crippen molar-refractivity contribution in [1.29, 1.82) is 0 Å². The third kappa shape index (κ3) is 7.42. The van der Waals surface area contributed by atoms with Crippen molar-refractivity contribution >= 4 is 16.1 Å². The van der Waals surface area contributed by atoms with E-state index in [9.17, 15) is 17.6 Å². The maximum atomic E-state index is 12.8. The zero-order valence-corrected chi connectivity index (χ0v) is 14.5. The van der Waals surface area contributed by atoms with Crippen molar-refractivity contribution in [2.24, 2.45) is 5.14 Å². The molecular formula is C15H21FN2O5S. The molecular weight excluding hydrogens is 339 g/mol. The first kappa shape index (κ1) is 19.9. The number of primary sulfonamides is 1. The summed E-state index contributed by atoms with van der Waals surface area (Å²) in [7, 11) is -3.78. The third-order valence-electron chi connectivity index (χ3n) is 2.59. The van der Waals surface area contributed by atoms with E-state index in [0.717, 1.165) is 0 Å². The lowest BCUT2D eigenvalue weighted by Gasteiger charge is -2.20. The van der Waals surface area contributed by atoms with E-state index in [1.54, 1.807) is 20.8 Å². The van der Waals surface area contributed by atoms with Gasteiger partial charge in [-0.1, -0.05) is 0 Å². The molecule has 134 valence electrons. The van der Waals surface area contributed by atoms with E-state index in [-0.39, 0.29) is 23.6 Å². The maximum absolute atomic E-state index is 12.8. The first-order valence-corrected chi connectivity index (χ1v) is 8.56. The van der Waals surface area contributed by atoms with E-state index in [4.69, 9.17) is 14.6 Å². The summed E-state index contributed by atoms with van der Waals surface area (Å²) in [5, 5.41) is 7.39. The lowest BCUT2D eigenvalue weighted by atomic mass is 10.2. The average Bonchev–Trinajstić information content (AvgIpc) is 2.45. The lowest BCUT2D eigenvalue weighted by molar-refractivity contribution is 0.0531. The summed E-state index contributed by atoms with van der Waals surface area (Å²) in [5.41, 5.74) is -0.470. The molecule has 0 saturated carbocycles. The van der Waals surface area contributed by atoms with Gasteiger partial charge in [0.15, 0.2) is 0 Å². The SMILES string of the molecule is CC(C)(C)OC(=O)NCC(=CF)COc1ccc(S(N)(=O)=O)cc1. The Balaban J connectivity index is 2.51. The van der Waals surface area contributed by atoms with Crippen LogP contribution in [0.4, 0.5) is 9.18 Å². The molecule has 0 saturated heterocycles. The molecule has 0 aliphatic heterocycles. The van der Waals surface area contributed by atoms with E-state index in [1.807, 2.05) is 0 Å². The number of amides is 1. The van der Waals surface area contributed by atoms with Gasteiger partial charge in [-0.15, -0.1) is 0 Å². The largest absolute Gasteiger partial charge is 0.489 e. The number of hydrogen-bond acceptors (Lipinski definition) is 5. The summed E-state index contributed by atoms with van der Waals surface area (Å²) >= 11 is 0. The van der Waals surface area contributed by atoms with Gasteiger partial charge < -0.3 is 14.8 Å². The number of hydrogen-bond donors (Lipinski definition) is 2. The first-order valence-electron chi connectivity index (χ1n) is 7.02. The van der Waals surface area contributed by atoms with Gasteiger partial charge >= 0.3 is 6.09 Å². The number of carbonyl (C=O) groups is 1. The Morgan fingerprint density at radius 3 is 2.33 bits per heavy atom. The van der Waals surface area contributed by atoms with Crippen LogP contribution in [0, 0.1) is 0 Å². The average molecular weight is 360 g/mol. The minimum Gasteiger partial charge on any atom is -0.489 e. The molecule has 9 heteroatoms. The van der Waals surface area contributed by atoms with Crippen LogP contribution in [0.2, 0.25) is 0 Å². The van der Waals surface area contributed by atoms with Gasteiger partial charge in [0.1, 0.15) is 18.0 Å². The molecule has 0 unspecified atom stereocenters. The number of alkyl carbamates (subject to hydrolysis) is 1. The molecule has 1 amide bonds. The Morgan fingerprint density at radius 1 is 1.29 bits per heavy atom. The third-order valence-corrected chi connectivity index (χ3v) is 3.52. The Hall–Kier alpha value is -2.13. The smallest absolute Gasteiger partial charge is 0.407 e. The molecule has 24 heavy (non-hydrogen) atoms. The van der Waals surface area contributed by atoms with E-state index >= 15 is 0 Å². The van der Waals surface area contributed by atoms with Crippen molar-refractivity contribution in [3.8, 4) is 5.75 Å². The zero-order valence-electron chi connectivity index (χ0n) is 13.7. The van der Waals surface area contributed by atoms with E-state index in [0.29, 0.717) is 12.1 Å². The normalized spacial score (nSPS) is 12.6. The van der Waals surface area contributed by atoms with Crippen molar-refractivity contribution in [3.05, 3.63) is 36.2 Å². The summed E-state index contributed by atoms with van der Waals surface area (Å²) in [6, 6.07) is 5.36. The zero-order chi connectivity index (χ0) is 18.4. The van der Waals surface area contributed by atoms with Gasteiger partial charge in [0, 0.05) is 12.1 Å². The maximum Gasteiger partial charge on any atom is 0.407 e. The quantitative estimate of drug-likeness (QED) is 0.808. The number of nitrogens with one attached hydrogen (secondary N) is 1. The van der Waals surface area contributed by atoms with Crippen molar-refractivity contribution in [2.75, 3.05) is 13.2 Å². The van der Waals surface area contributed by atoms with Crippen molar-refractivity contribution in [3.63, 3.8) is 0 Å². The topological polar surface area (TPSA) is 108 Å². The van der Waals surface area contributed by atoms with Gasteiger partial charge in [-0.25, -0.2) is 22.7 Å². The van der Waals surface area contributed by atoms with E-state index in [1.165, 1.54) is 24.3 Å². The van der Waals surface area contributed by atoms with Crippen LogP contribution in [-0.4, -0.2) is 33.3 Å². The molecule has 0 bridgehead atoms. The van der Waals surface area contributed by atoms with Crippen LogP contribution in [0.25, 0.3) is 0 Å². The van der Waals surface area contributed by atoms with Crippen molar-refractivity contribution in [2.45, 2.75) is 31.3 Å². The molecule has 0 aliphatic carbocycles. The molecule has 0 spiro atoms. The monoisotopic (exact) mass is 360 g/mol. The van der Waals surface area contributed by atoms with Gasteiger partial charge in [0.25, 0.3) is 0 Å². The van der Waals surface area contributed by atoms with Gasteiger partial charge in [-0.2, -0.15) is 0 Å². The highest BCUT2D eigenvalue weighted by Crippen LogP contribution is 2.15. The first-order chi connectivity index (χ1) is 11.0. The van der Waals surface area contributed by atoms with E-state index in [2.05, 4.69) is 5.32 Å². The summed E-state index contributed by atoms with van der Waals surface area (Å²) in [6.45, 7) is 4.94. The van der Waals surface area contributed by atoms with Crippen LogP contribution in [0.15, 0.2) is 41.1 Å². The fourth-order valence-corrected chi connectivity index (χ4v) is 2.04. The second kappa shape index (κ2) is 8.11. The van der Waals surface area contributed by atoms with Gasteiger partial charge in [-0.05, 0) is 45.0 Å². The van der Waals surface area contributed by atoms with Crippen LogP contribution in [-0.2, 0) is 14.8 Å². The highest BCUT2D eigenvalue weighted by Gasteiger charge is 2.16. The minimum atomic E-state index is -3.78. The molecule has 0 heterocycles. The number of rotatable bonds is 6. The standard InChI is InChI=1S/C15H21FN2O5S/c1-15(2,3)23-14(19)18-9-11(8-16)10-22-12-4-6-13(7-5-12)24(17,20)21/h4-8H,9-10H2,1-3H3,(H,18,19)(H2,17,20,21). The van der Waals surface area contributed by atoms with Crippen LogP contribution in [0.1, 0.15) is 20.8 Å². The van der Waals surface area contributed by atoms with Crippen LogP contribution >= 0.6 is 0 Å². The summed E-state index contributed by atoms with van der Waals surface area (Å²) in [5.74, 6) is 0.332. The van der Waals surface area contributed by atoms with Crippen LogP contribution < -0.4 is 15.2 Å². The molecule has 0 aromatic heterocycles. The van der Waals surface area contributed by atoms with Crippen molar-refractivity contribution < 1.29 is 27.1 Å². The fraction of sp³-hybridized carbons (Fsp3) is 0.400. The Morgan fingerprint density at radius 2 is 1.88 bits per heavy atom. The van der Waals surface area contributed by atoms with Gasteiger partial charge in [0.2, 0.25) is 10.0 Å². The van der Waals surface area contributed by atoms with Gasteiger partial charge in [-0.3, -0.25) is 0 Å². The highest BCUT2D eigenvalue weighted by atomic mass is 32.2. The predicted octanol–water partition coefficient (Wildman–Crippen LogP) is 2.09. The fourth-order valence-electron chi connectivity index (χ4n) is 1.52. The summed E-state index contributed by atoms with van der Waals surface area (Å²) < 4.78 is 45.5. The van der Waals surface area contributed by atoms with Crippen molar-refractivity contribution in [1.82, 2.24) is 5.32 Å². The highest BCUT2D eigenvalue weighted by molar-refractivity contribution is 7.89. The minimum absolute atomic E-state index is 0.0531. The molecule has 1 aromatic rings. The van der Waals surface area contributed by atoms with Crippen LogP contribution in [0.3, 0.4) is 0 Å². The number of sulfonamides is 1. The summed E-state index contributed by atoms with van der Waals surface area (Å²) in [4.78, 5) is 11.4. The van der Waals surface area contributed by atoms with E-state index < -0.39 is 21.7 Å². The van der Waals surface area contributed by atoms with Gasteiger partial charge in [0.05, 0.1) is 11.2 Å². The number of halogens is 1. The molecule has 1 aromatic carbocycles. The molecule has 7 nitrogen and oxygen atoms in total. The Labute approximate surface area is 140 Å². The van der Waals surface area contributed by atoms with Crippen LogP contribution in [0.5, 0.6) is 5.75 Å². The molecule has 0 radical (unpaired) electrons. The number of benzene rings is 1. The molecule has 0 atom stereocenters. The summed E-state index contributed by atoms with van der Waals surface area (Å²) in [6.07, 6.45) is -0.338. The molecule has 3 N–H and O–H groups in total. The second-order valence-corrected chi connectivity index (χ2v) is 7.49. The second-order valence-electron chi connectivity index (χ2n) is 5.93. The molecule has 0 aliphatic rings.